The van der Waals surface area contributed by atoms with Crippen molar-refractivity contribution in [3.05, 3.63) is 36.5 Å². The number of hydrogen-bond acceptors (Lipinski definition) is 1. The van der Waals surface area contributed by atoms with E-state index in [2.05, 4.69) is 6.92 Å². The summed E-state index contributed by atoms with van der Waals surface area (Å²) in [4.78, 5) is 9.76. The molecule has 0 saturated heterocycles. The van der Waals surface area contributed by atoms with Gasteiger partial charge in [0, 0.05) is 0 Å². The van der Waals surface area contributed by atoms with E-state index >= 15 is 0 Å². The van der Waals surface area contributed by atoms with E-state index < -0.39 is 0 Å². The van der Waals surface area contributed by atoms with Crippen LogP contribution < -0.4 is 0 Å². The first kappa shape index (κ1) is 8.89. The zero-order chi connectivity index (χ0) is 7.66. The van der Waals surface area contributed by atoms with Gasteiger partial charge in [0.2, 0.25) is 0 Å². The number of aldehydes is 1. The number of allylic oxidation sites excluding steroid dienone is 6. The van der Waals surface area contributed by atoms with Gasteiger partial charge in [-0.2, -0.15) is 0 Å². The fourth-order valence-electron chi connectivity index (χ4n) is 0.452. The maximum Gasteiger partial charge on any atom is 0.142 e. The van der Waals surface area contributed by atoms with Crippen LogP contribution in [-0.4, -0.2) is 6.29 Å². The third-order valence-corrected chi connectivity index (χ3v) is 0.895. The van der Waals surface area contributed by atoms with Crippen molar-refractivity contribution in [1.82, 2.24) is 0 Å². The lowest BCUT2D eigenvalue weighted by molar-refractivity contribution is -0.104. The van der Waals surface area contributed by atoms with Gasteiger partial charge in [0.25, 0.3) is 0 Å². The van der Waals surface area contributed by atoms with E-state index in [9.17, 15) is 4.79 Å². The Morgan fingerprint density at radius 2 is 1.60 bits per heavy atom. The molecule has 0 aromatic heterocycles. The molecule has 0 unspecified atom stereocenters. The van der Waals surface area contributed by atoms with Crippen molar-refractivity contribution in [3.63, 3.8) is 0 Å². The highest BCUT2D eigenvalue weighted by Gasteiger charge is 1.62. The molecule has 0 N–H and O–H groups in total. The van der Waals surface area contributed by atoms with E-state index in [1.165, 1.54) is 6.08 Å². The zero-order valence-electron chi connectivity index (χ0n) is 6.16. The molecule has 0 aliphatic carbocycles. The van der Waals surface area contributed by atoms with Crippen molar-refractivity contribution in [3.8, 4) is 0 Å². The summed E-state index contributed by atoms with van der Waals surface area (Å²) in [5, 5.41) is 0. The Morgan fingerprint density at radius 1 is 1.00 bits per heavy atom. The van der Waals surface area contributed by atoms with Crippen LogP contribution in [-0.2, 0) is 4.79 Å². The van der Waals surface area contributed by atoms with Crippen LogP contribution in [0.1, 0.15) is 13.3 Å². The summed E-state index contributed by atoms with van der Waals surface area (Å²) in [6.45, 7) is 2.08. The van der Waals surface area contributed by atoms with Crippen LogP contribution in [0.4, 0.5) is 0 Å². The molecule has 0 saturated carbocycles. The molecular weight excluding hydrogens is 124 g/mol. The van der Waals surface area contributed by atoms with Gasteiger partial charge >= 0.3 is 0 Å². The van der Waals surface area contributed by atoms with Gasteiger partial charge in [0.1, 0.15) is 6.29 Å². The fraction of sp³-hybridized carbons (Fsp3) is 0.222. The van der Waals surface area contributed by atoms with Gasteiger partial charge in [-0.1, -0.05) is 37.3 Å². The molecule has 54 valence electrons. The second kappa shape index (κ2) is 7.89. The lowest BCUT2D eigenvalue weighted by atomic mass is 10.4. The average molecular weight is 136 g/mol. The smallest absolute Gasteiger partial charge is 0.142 e. The van der Waals surface area contributed by atoms with Crippen LogP contribution in [0.5, 0.6) is 0 Å². The van der Waals surface area contributed by atoms with E-state index in [4.69, 9.17) is 0 Å². The maximum absolute atomic E-state index is 9.76. The van der Waals surface area contributed by atoms with Crippen molar-refractivity contribution in [2.24, 2.45) is 0 Å². The quantitative estimate of drug-likeness (QED) is 0.329. The van der Waals surface area contributed by atoms with Gasteiger partial charge in [0.15, 0.2) is 0 Å². The summed E-state index contributed by atoms with van der Waals surface area (Å²) in [6, 6.07) is 0. The molecule has 0 aliphatic heterocycles. The van der Waals surface area contributed by atoms with Crippen LogP contribution >= 0.6 is 0 Å². The normalized spacial score (nSPS) is 12.1. The van der Waals surface area contributed by atoms with E-state index in [1.54, 1.807) is 6.08 Å². The molecule has 1 nitrogen and oxygen atoms in total. The zero-order valence-corrected chi connectivity index (χ0v) is 6.16. The molecule has 10 heavy (non-hydrogen) atoms. The Hall–Kier alpha value is -1.11. The first-order valence-electron chi connectivity index (χ1n) is 3.35. The van der Waals surface area contributed by atoms with Gasteiger partial charge in [-0.15, -0.1) is 0 Å². The predicted octanol–water partition coefficient (Wildman–Crippen LogP) is 2.26. The van der Waals surface area contributed by atoms with Gasteiger partial charge in [-0.05, 0) is 12.5 Å². The minimum absolute atomic E-state index is 0.758. The van der Waals surface area contributed by atoms with E-state index in [1.807, 2.05) is 24.3 Å². The van der Waals surface area contributed by atoms with E-state index in [0.717, 1.165) is 12.7 Å². The van der Waals surface area contributed by atoms with Gasteiger partial charge < -0.3 is 0 Å². The van der Waals surface area contributed by atoms with E-state index in [-0.39, 0.29) is 0 Å². The number of hydrogen-bond donors (Lipinski definition) is 0. The molecule has 0 fully saturated rings. The Balaban J connectivity index is 3.46. The molecule has 0 bridgehead atoms. The summed E-state index contributed by atoms with van der Waals surface area (Å²) in [5.41, 5.74) is 0. The molecule has 0 aromatic carbocycles. The summed E-state index contributed by atoms with van der Waals surface area (Å²) >= 11 is 0. The monoisotopic (exact) mass is 136 g/mol. The standard InChI is InChI=1S/C9H12O/c1-2-3-4-5-6-7-8-9-10/h3-9H,2H2,1H3/b4-3+,6-5+,8-7+. The Bertz CT molecular complexity index is 152. The van der Waals surface area contributed by atoms with Crippen LogP contribution in [0, 0.1) is 0 Å². The van der Waals surface area contributed by atoms with Crippen LogP contribution in [0.25, 0.3) is 0 Å². The first-order chi connectivity index (χ1) is 4.91. The molecule has 0 spiro atoms. The Labute approximate surface area is 61.8 Å². The summed E-state index contributed by atoms with van der Waals surface area (Å²) < 4.78 is 0. The maximum atomic E-state index is 9.76. The predicted molar refractivity (Wildman–Crippen MR) is 43.8 cm³/mol. The minimum atomic E-state index is 0.758. The number of rotatable bonds is 4. The van der Waals surface area contributed by atoms with E-state index in [0.29, 0.717) is 0 Å². The number of carbonyl (C=O) groups excluding carboxylic acids is 1. The SMILES string of the molecule is CC/C=C/C=C/C=C/C=O. The van der Waals surface area contributed by atoms with Crippen LogP contribution in [0.2, 0.25) is 0 Å². The molecular formula is C9H12O. The average Bonchev–Trinajstić information content (AvgIpc) is 1.97. The Morgan fingerprint density at radius 3 is 2.20 bits per heavy atom. The third kappa shape index (κ3) is 6.89. The second-order valence-corrected chi connectivity index (χ2v) is 1.74. The molecule has 0 heterocycles. The van der Waals surface area contributed by atoms with Gasteiger partial charge in [0.05, 0.1) is 0 Å². The second-order valence-electron chi connectivity index (χ2n) is 1.74. The summed E-state index contributed by atoms with van der Waals surface area (Å²) in [7, 11) is 0. The molecule has 1 heteroatoms. The van der Waals surface area contributed by atoms with Crippen LogP contribution in [0.15, 0.2) is 36.5 Å². The number of carbonyl (C=O) groups is 1. The molecule has 0 amide bonds. The summed E-state index contributed by atoms with van der Waals surface area (Å²) in [5.74, 6) is 0. The largest absolute Gasteiger partial charge is 0.299 e. The van der Waals surface area contributed by atoms with Crippen molar-refractivity contribution < 1.29 is 4.79 Å². The first-order valence-corrected chi connectivity index (χ1v) is 3.35. The van der Waals surface area contributed by atoms with Crippen molar-refractivity contribution in [2.45, 2.75) is 13.3 Å². The topological polar surface area (TPSA) is 17.1 Å². The highest BCUT2D eigenvalue weighted by atomic mass is 16.1. The third-order valence-electron chi connectivity index (χ3n) is 0.895. The lowest BCUT2D eigenvalue weighted by Gasteiger charge is -1.72. The highest BCUT2D eigenvalue weighted by molar-refractivity contribution is 5.65. The molecule has 0 rings (SSSR count). The highest BCUT2D eigenvalue weighted by Crippen LogP contribution is 1.81. The molecule has 0 radical (unpaired) electrons. The molecule has 0 aromatic rings. The minimum Gasteiger partial charge on any atom is -0.299 e. The lowest BCUT2D eigenvalue weighted by Crippen LogP contribution is -1.56. The summed E-state index contributed by atoms with van der Waals surface area (Å²) in [6.07, 6.45) is 12.7. The van der Waals surface area contributed by atoms with Crippen molar-refractivity contribution >= 4 is 6.29 Å². The van der Waals surface area contributed by atoms with Gasteiger partial charge in [-0.3, -0.25) is 4.79 Å². The fourth-order valence-corrected chi connectivity index (χ4v) is 0.452. The van der Waals surface area contributed by atoms with Crippen molar-refractivity contribution in [1.29, 1.82) is 0 Å². The van der Waals surface area contributed by atoms with Crippen LogP contribution in [0.3, 0.4) is 0 Å². The van der Waals surface area contributed by atoms with Gasteiger partial charge in [-0.25, -0.2) is 0 Å². The molecule has 0 atom stereocenters. The Kier molecular flexibility index (Phi) is 7.01. The van der Waals surface area contributed by atoms with Crippen molar-refractivity contribution in [2.75, 3.05) is 0 Å². The molecule has 0 aliphatic rings.